The van der Waals surface area contributed by atoms with Crippen molar-refractivity contribution in [2.75, 3.05) is 0 Å². The van der Waals surface area contributed by atoms with E-state index >= 15 is 0 Å². The zero-order valence-electron chi connectivity index (χ0n) is 6.73. The van der Waals surface area contributed by atoms with Gasteiger partial charge in [-0.1, -0.05) is 35.1 Å². The smallest absolute Gasteiger partial charge is 0.150 e. The average molecular weight is 198 g/mol. The Morgan fingerprint density at radius 2 is 2.00 bits per heavy atom. The summed E-state index contributed by atoms with van der Waals surface area (Å²) < 4.78 is 0. The van der Waals surface area contributed by atoms with E-state index in [0.717, 1.165) is 11.8 Å². The summed E-state index contributed by atoms with van der Waals surface area (Å²) in [5, 5.41) is 0.369. The molecule has 0 aliphatic carbocycles. The number of aldehydes is 1. The second-order valence-corrected chi connectivity index (χ2v) is 4.08. The van der Waals surface area contributed by atoms with Crippen LogP contribution in [-0.4, -0.2) is 6.29 Å². The first-order valence-corrected chi connectivity index (χ1v) is 5.56. The number of benzene rings is 1. The zero-order chi connectivity index (χ0) is 8.97. The summed E-state index contributed by atoms with van der Waals surface area (Å²) in [5.74, 6) is 0. The van der Waals surface area contributed by atoms with Crippen molar-refractivity contribution in [3.05, 3.63) is 35.4 Å². The molecule has 12 heavy (non-hydrogen) atoms. The first kappa shape index (κ1) is 9.68. The Morgan fingerprint density at radius 1 is 1.42 bits per heavy atom. The fourth-order valence-corrected chi connectivity index (χ4v) is 1.55. The van der Waals surface area contributed by atoms with Crippen LogP contribution in [0.25, 0.3) is 0 Å². The van der Waals surface area contributed by atoms with Gasteiger partial charge in [-0.3, -0.25) is 4.79 Å². The van der Waals surface area contributed by atoms with Gasteiger partial charge in [0.25, 0.3) is 0 Å². The largest absolute Gasteiger partial charge is 0.298 e. The number of carbonyl (C=O) groups is 1. The van der Waals surface area contributed by atoms with Crippen molar-refractivity contribution in [1.82, 2.24) is 0 Å². The van der Waals surface area contributed by atoms with E-state index in [9.17, 15) is 4.79 Å². The molecule has 1 nitrogen and oxygen atoms in total. The quantitative estimate of drug-likeness (QED) is 0.456. The van der Waals surface area contributed by atoms with Gasteiger partial charge in [-0.05, 0) is 12.5 Å². The van der Waals surface area contributed by atoms with Crippen LogP contribution in [0.5, 0.6) is 0 Å². The van der Waals surface area contributed by atoms with E-state index in [0.29, 0.717) is 5.25 Å². The molecule has 1 aromatic rings. The molecule has 0 heterocycles. The summed E-state index contributed by atoms with van der Waals surface area (Å²) in [6.45, 7) is 2.08. The standard InChI is InChI=1S/C9H10OS2/c1-7(12-11)9-4-2-8(6-10)3-5-9/h2-7,11H,1H3. The van der Waals surface area contributed by atoms with Crippen molar-refractivity contribution in [1.29, 1.82) is 0 Å². The Hall–Kier alpha value is -0.410. The number of carbonyl (C=O) groups excluding carboxylic acids is 1. The molecule has 1 unspecified atom stereocenters. The van der Waals surface area contributed by atoms with Gasteiger partial charge in [0.15, 0.2) is 0 Å². The minimum atomic E-state index is 0.369. The molecule has 0 saturated heterocycles. The molecule has 0 N–H and O–H groups in total. The number of thiol groups is 1. The van der Waals surface area contributed by atoms with Crippen molar-refractivity contribution in [3.8, 4) is 0 Å². The van der Waals surface area contributed by atoms with Crippen LogP contribution in [0.1, 0.15) is 28.1 Å². The molecule has 0 aliphatic heterocycles. The molecule has 1 aromatic carbocycles. The van der Waals surface area contributed by atoms with Crippen LogP contribution in [0, 0.1) is 0 Å². The molecular weight excluding hydrogens is 188 g/mol. The highest BCUT2D eigenvalue weighted by molar-refractivity contribution is 8.68. The van der Waals surface area contributed by atoms with Gasteiger partial charge in [-0.25, -0.2) is 0 Å². The summed E-state index contributed by atoms with van der Waals surface area (Å²) in [5.41, 5.74) is 1.91. The van der Waals surface area contributed by atoms with Gasteiger partial charge >= 0.3 is 0 Å². The minimum Gasteiger partial charge on any atom is -0.298 e. The first-order valence-electron chi connectivity index (χ1n) is 3.63. The van der Waals surface area contributed by atoms with Gasteiger partial charge in [0, 0.05) is 10.8 Å². The Balaban J connectivity index is 2.84. The van der Waals surface area contributed by atoms with Crippen LogP contribution in [0.15, 0.2) is 24.3 Å². The van der Waals surface area contributed by atoms with Crippen molar-refractivity contribution < 1.29 is 4.79 Å². The highest BCUT2D eigenvalue weighted by Gasteiger charge is 2.02. The fourth-order valence-electron chi connectivity index (χ4n) is 0.906. The molecule has 1 atom stereocenters. The minimum absolute atomic E-state index is 0.369. The van der Waals surface area contributed by atoms with E-state index in [-0.39, 0.29) is 0 Å². The van der Waals surface area contributed by atoms with Crippen molar-refractivity contribution in [2.45, 2.75) is 12.2 Å². The van der Waals surface area contributed by atoms with E-state index in [2.05, 4.69) is 18.6 Å². The van der Waals surface area contributed by atoms with Crippen LogP contribution in [-0.2, 0) is 0 Å². The SMILES string of the molecule is CC(SS)c1ccc(C=O)cc1. The average Bonchev–Trinajstić information content (AvgIpc) is 2.17. The lowest BCUT2D eigenvalue weighted by atomic mass is 10.1. The number of rotatable bonds is 3. The van der Waals surface area contributed by atoms with Crippen LogP contribution >= 0.6 is 22.5 Å². The second kappa shape index (κ2) is 4.58. The van der Waals surface area contributed by atoms with E-state index < -0.39 is 0 Å². The lowest BCUT2D eigenvalue weighted by molar-refractivity contribution is 0.112. The molecule has 0 bridgehead atoms. The van der Waals surface area contributed by atoms with Crippen molar-refractivity contribution >= 4 is 28.7 Å². The Bertz CT molecular complexity index is 256. The van der Waals surface area contributed by atoms with Crippen molar-refractivity contribution in [2.24, 2.45) is 0 Å². The maximum atomic E-state index is 10.3. The van der Waals surface area contributed by atoms with Gasteiger partial charge in [-0.2, -0.15) is 0 Å². The van der Waals surface area contributed by atoms with Gasteiger partial charge in [0.1, 0.15) is 6.29 Å². The Labute approximate surface area is 81.4 Å². The normalized spacial score (nSPS) is 12.5. The summed E-state index contributed by atoms with van der Waals surface area (Å²) in [4.78, 5) is 10.3. The molecule has 0 radical (unpaired) electrons. The van der Waals surface area contributed by atoms with Crippen LogP contribution in [0.4, 0.5) is 0 Å². The highest BCUT2D eigenvalue weighted by Crippen LogP contribution is 2.30. The molecule has 3 heteroatoms. The molecule has 0 aromatic heterocycles. The molecule has 0 spiro atoms. The highest BCUT2D eigenvalue weighted by atomic mass is 33.1. The predicted octanol–water partition coefficient (Wildman–Crippen LogP) is 3.14. The van der Waals surface area contributed by atoms with Crippen LogP contribution < -0.4 is 0 Å². The maximum absolute atomic E-state index is 10.3. The van der Waals surface area contributed by atoms with Gasteiger partial charge < -0.3 is 0 Å². The lowest BCUT2D eigenvalue weighted by Crippen LogP contribution is -1.86. The van der Waals surface area contributed by atoms with E-state index in [1.165, 1.54) is 16.4 Å². The van der Waals surface area contributed by atoms with E-state index in [1.54, 1.807) is 0 Å². The first-order chi connectivity index (χ1) is 5.77. The molecule has 0 amide bonds. The van der Waals surface area contributed by atoms with E-state index in [1.807, 2.05) is 24.3 Å². The predicted molar refractivity (Wildman–Crippen MR) is 56.8 cm³/mol. The third kappa shape index (κ3) is 2.29. The van der Waals surface area contributed by atoms with Gasteiger partial charge in [-0.15, -0.1) is 11.7 Å². The maximum Gasteiger partial charge on any atom is 0.150 e. The lowest BCUT2D eigenvalue weighted by Gasteiger charge is -2.06. The summed E-state index contributed by atoms with van der Waals surface area (Å²) >= 11 is 4.12. The fraction of sp³-hybridized carbons (Fsp3) is 0.222. The molecule has 1 rings (SSSR count). The number of hydrogen-bond acceptors (Lipinski definition) is 3. The molecular formula is C9H10OS2. The molecule has 0 aliphatic rings. The van der Waals surface area contributed by atoms with Crippen LogP contribution in [0.2, 0.25) is 0 Å². The monoisotopic (exact) mass is 198 g/mol. The molecule has 0 saturated carbocycles. The van der Waals surface area contributed by atoms with Crippen LogP contribution in [0.3, 0.4) is 0 Å². The summed E-state index contributed by atoms with van der Waals surface area (Å²) in [6, 6.07) is 7.56. The topological polar surface area (TPSA) is 17.1 Å². The summed E-state index contributed by atoms with van der Waals surface area (Å²) in [6.07, 6.45) is 0.849. The van der Waals surface area contributed by atoms with Gasteiger partial charge in [0.2, 0.25) is 0 Å². The third-order valence-electron chi connectivity index (χ3n) is 1.70. The Morgan fingerprint density at radius 3 is 2.42 bits per heavy atom. The summed E-state index contributed by atoms with van der Waals surface area (Å²) in [7, 11) is 1.50. The van der Waals surface area contributed by atoms with Crippen molar-refractivity contribution in [3.63, 3.8) is 0 Å². The van der Waals surface area contributed by atoms with E-state index in [4.69, 9.17) is 0 Å². The van der Waals surface area contributed by atoms with Gasteiger partial charge in [0.05, 0.1) is 0 Å². The second-order valence-electron chi connectivity index (χ2n) is 2.53. The Kier molecular flexibility index (Phi) is 3.69. The molecule has 64 valence electrons. The third-order valence-corrected chi connectivity index (χ3v) is 3.24. The molecule has 0 fully saturated rings. The zero-order valence-corrected chi connectivity index (χ0v) is 8.44. The number of hydrogen-bond donors (Lipinski definition) is 1.